The highest BCUT2D eigenvalue weighted by Gasteiger charge is 2.57. The Kier molecular flexibility index (Phi) is 5.16. The van der Waals surface area contributed by atoms with Crippen LogP contribution in [0.15, 0.2) is 54.6 Å². The molecule has 0 radical (unpaired) electrons. The fraction of sp³-hybridized carbons (Fsp3) is 0.464. The predicted octanol–water partition coefficient (Wildman–Crippen LogP) is 5.55. The molecule has 1 saturated carbocycles. The van der Waals surface area contributed by atoms with Crippen molar-refractivity contribution in [1.29, 1.82) is 0 Å². The van der Waals surface area contributed by atoms with Crippen molar-refractivity contribution < 1.29 is 9.90 Å². The highest BCUT2D eigenvalue weighted by atomic mass is 16.4. The van der Waals surface area contributed by atoms with E-state index >= 15 is 0 Å². The van der Waals surface area contributed by atoms with Crippen LogP contribution in [0.5, 0.6) is 0 Å². The van der Waals surface area contributed by atoms with Gasteiger partial charge in [-0.3, -0.25) is 4.90 Å². The monoisotopic (exact) mass is 430 g/mol. The van der Waals surface area contributed by atoms with Gasteiger partial charge in [0.2, 0.25) is 0 Å². The van der Waals surface area contributed by atoms with E-state index in [0.717, 1.165) is 38.4 Å². The first-order chi connectivity index (χ1) is 15.3. The van der Waals surface area contributed by atoms with E-state index in [0.29, 0.717) is 16.9 Å². The van der Waals surface area contributed by atoms with Gasteiger partial charge >= 0.3 is 5.97 Å². The topological polar surface area (TPSA) is 43.8 Å². The smallest absolute Gasteiger partial charge is 0.335 e. The molecule has 2 atom stereocenters. The van der Waals surface area contributed by atoms with Crippen molar-refractivity contribution in [3.05, 3.63) is 71.3 Å². The van der Waals surface area contributed by atoms with E-state index in [1.165, 1.54) is 24.0 Å². The molecule has 1 aliphatic heterocycles. The predicted molar refractivity (Wildman–Crippen MR) is 130 cm³/mol. The molecule has 32 heavy (non-hydrogen) atoms. The van der Waals surface area contributed by atoms with Crippen molar-refractivity contribution >= 4 is 17.2 Å². The lowest BCUT2D eigenvalue weighted by Gasteiger charge is -2.39. The van der Waals surface area contributed by atoms with Crippen molar-refractivity contribution in [2.45, 2.75) is 40.2 Å². The maximum Gasteiger partial charge on any atom is 0.335 e. The van der Waals surface area contributed by atoms with Gasteiger partial charge in [0, 0.05) is 38.4 Å². The number of rotatable bonds is 5. The lowest BCUT2D eigenvalue weighted by Crippen LogP contribution is -2.46. The Morgan fingerprint density at radius 3 is 2.28 bits per heavy atom. The Balaban J connectivity index is 1.28. The first kappa shape index (κ1) is 21.3. The third kappa shape index (κ3) is 3.36. The summed E-state index contributed by atoms with van der Waals surface area (Å²) >= 11 is 0. The third-order valence-corrected chi connectivity index (χ3v) is 8.82. The summed E-state index contributed by atoms with van der Waals surface area (Å²) in [6.45, 7) is 12.3. The van der Waals surface area contributed by atoms with Crippen LogP contribution in [0.25, 0.3) is 5.57 Å². The highest BCUT2D eigenvalue weighted by Crippen LogP contribution is 2.67. The second kappa shape index (κ2) is 7.77. The van der Waals surface area contributed by atoms with Gasteiger partial charge < -0.3 is 10.0 Å². The van der Waals surface area contributed by atoms with E-state index in [-0.39, 0.29) is 5.41 Å². The van der Waals surface area contributed by atoms with Gasteiger partial charge in [-0.05, 0) is 70.6 Å². The van der Waals surface area contributed by atoms with Crippen LogP contribution in [0.4, 0.5) is 5.69 Å². The number of anilines is 1. The summed E-state index contributed by atoms with van der Waals surface area (Å²) in [5, 5.41) is 9.12. The minimum absolute atomic E-state index is 0.272. The Morgan fingerprint density at radius 2 is 1.69 bits per heavy atom. The molecule has 4 nitrogen and oxygen atoms in total. The molecule has 1 saturated heterocycles. The molecule has 1 heterocycles. The molecule has 3 aliphatic rings. The molecule has 2 aromatic rings. The van der Waals surface area contributed by atoms with Gasteiger partial charge in [-0.2, -0.15) is 0 Å². The van der Waals surface area contributed by atoms with E-state index in [4.69, 9.17) is 5.11 Å². The van der Waals surface area contributed by atoms with Crippen molar-refractivity contribution in [3.63, 3.8) is 0 Å². The molecule has 2 unspecified atom stereocenters. The molecular weight excluding hydrogens is 396 g/mol. The van der Waals surface area contributed by atoms with Gasteiger partial charge in [-0.1, -0.05) is 51.1 Å². The molecule has 0 aromatic heterocycles. The van der Waals surface area contributed by atoms with Gasteiger partial charge in [-0.25, -0.2) is 4.79 Å². The number of aromatic carboxylic acids is 1. The molecule has 2 aliphatic carbocycles. The number of fused-ring (bicyclic) bond motifs is 2. The maximum atomic E-state index is 11.1. The minimum Gasteiger partial charge on any atom is -0.478 e. The van der Waals surface area contributed by atoms with Gasteiger partial charge in [0.1, 0.15) is 0 Å². The normalized spacial score (nSPS) is 26.9. The summed E-state index contributed by atoms with van der Waals surface area (Å²) in [4.78, 5) is 16.0. The van der Waals surface area contributed by atoms with Crippen LogP contribution in [-0.2, 0) is 6.54 Å². The molecule has 2 aromatic carbocycles. The van der Waals surface area contributed by atoms with Crippen LogP contribution in [0.3, 0.4) is 0 Å². The number of hydrogen-bond acceptors (Lipinski definition) is 3. The van der Waals surface area contributed by atoms with E-state index < -0.39 is 5.97 Å². The van der Waals surface area contributed by atoms with Crippen molar-refractivity contribution in [3.8, 4) is 0 Å². The number of nitrogens with zero attached hydrogens (tertiary/aromatic N) is 2. The summed E-state index contributed by atoms with van der Waals surface area (Å²) in [6.07, 6.45) is 5.20. The number of hydrogen-bond donors (Lipinski definition) is 1. The molecule has 0 spiro atoms. The number of benzene rings is 2. The average molecular weight is 431 g/mol. The van der Waals surface area contributed by atoms with Crippen LogP contribution in [0.1, 0.15) is 55.1 Å². The van der Waals surface area contributed by atoms with Crippen LogP contribution in [0, 0.1) is 16.7 Å². The van der Waals surface area contributed by atoms with E-state index in [2.05, 4.69) is 60.9 Å². The quantitative estimate of drug-likeness (QED) is 0.676. The van der Waals surface area contributed by atoms with Gasteiger partial charge in [0.15, 0.2) is 0 Å². The van der Waals surface area contributed by atoms with Crippen molar-refractivity contribution in [2.24, 2.45) is 16.7 Å². The fourth-order valence-corrected chi connectivity index (χ4v) is 6.22. The molecule has 2 fully saturated rings. The molecule has 0 amide bonds. The first-order valence-corrected chi connectivity index (χ1v) is 11.9. The zero-order chi connectivity index (χ0) is 22.5. The number of allylic oxidation sites excluding steroid dienone is 2. The van der Waals surface area contributed by atoms with Gasteiger partial charge in [0.05, 0.1) is 5.56 Å². The lowest BCUT2D eigenvalue weighted by molar-refractivity contribution is 0.0697. The van der Waals surface area contributed by atoms with E-state index in [1.807, 2.05) is 12.1 Å². The maximum absolute atomic E-state index is 11.1. The van der Waals surface area contributed by atoms with Crippen molar-refractivity contribution in [1.82, 2.24) is 4.90 Å². The molecule has 4 heteroatoms. The van der Waals surface area contributed by atoms with Crippen LogP contribution >= 0.6 is 0 Å². The Bertz CT molecular complexity index is 1050. The second-order valence-electron chi connectivity index (χ2n) is 10.6. The SMILES string of the molecule is CC12CCC(C=C1c1ccccc1CN1CCN(c3ccc(C(=O)O)cc3)CC1)C2(C)C. The number of piperazine rings is 1. The minimum atomic E-state index is -0.872. The summed E-state index contributed by atoms with van der Waals surface area (Å²) < 4.78 is 0. The molecular formula is C28H34N2O2. The van der Waals surface area contributed by atoms with Crippen molar-refractivity contribution in [2.75, 3.05) is 31.1 Å². The van der Waals surface area contributed by atoms with E-state index in [1.54, 1.807) is 17.7 Å². The van der Waals surface area contributed by atoms with Crippen LogP contribution in [-0.4, -0.2) is 42.2 Å². The van der Waals surface area contributed by atoms with Gasteiger partial charge in [-0.15, -0.1) is 0 Å². The molecule has 168 valence electrons. The van der Waals surface area contributed by atoms with Gasteiger partial charge in [0.25, 0.3) is 0 Å². The standard InChI is InChI=1S/C28H34N2O2/c1-27(2)22-12-13-28(27,3)25(18-22)24-7-5-4-6-21(24)19-29-14-16-30(17-15-29)23-10-8-20(9-11-23)26(31)32/h4-11,18,22H,12-17,19H2,1-3H3,(H,31,32). The van der Waals surface area contributed by atoms with E-state index in [9.17, 15) is 4.79 Å². The largest absolute Gasteiger partial charge is 0.478 e. The summed E-state index contributed by atoms with van der Waals surface area (Å²) in [7, 11) is 0. The summed E-state index contributed by atoms with van der Waals surface area (Å²) in [5.74, 6) is -0.172. The highest BCUT2D eigenvalue weighted by molar-refractivity contribution is 5.88. The third-order valence-electron chi connectivity index (χ3n) is 8.82. The average Bonchev–Trinajstić information content (AvgIpc) is 3.14. The lowest BCUT2D eigenvalue weighted by atomic mass is 9.66. The molecule has 2 bridgehead atoms. The fourth-order valence-electron chi connectivity index (χ4n) is 6.22. The Morgan fingerprint density at radius 1 is 1.00 bits per heavy atom. The zero-order valence-corrected chi connectivity index (χ0v) is 19.5. The van der Waals surface area contributed by atoms with Crippen LogP contribution < -0.4 is 4.90 Å². The van der Waals surface area contributed by atoms with Crippen LogP contribution in [0.2, 0.25) is 0 Å². The number of carbonyl (C=O) groups is 1. The number of carboxylic acids is 1. The molecule has 5 rings (SSSR count). The second-order valence-corrected chi connectivity index (χ2v) is 10.6. The Hall–Kier alpha value is -2.59. The zero-order valence-electron chi connectivity index (χ0n) is 19.5. The summed E-state index contributed by atoms with van der Waals surface area (Å²) in [6, 6.07) is 16.3. The first-order valence-electron chi connectivity index (χ1n) is 11.9. The molecule has 1 N–H and O–H groups in total. The number of carboxylic acid groups (broad SMARTS) is 1. The summed E-state index contributed by atoms with van der Waals surface area (Å²) in [5.41, 5.74) is 6.55. The Labute approximate surface area is 191 Å².